The number of aliphatic hydroxyl groups is 2. The zero-order valence-electron chi connectivity index (χ0n) is 10.2. The van der Waals surface area contributed by atoms with E-state index < -0.39 is 34.6 Å². The maximum absolute atomic E-state index is 11.3. The van der Waals surface area contributed by atoms with E-state index in [0.29, 0.717) is 5.69 Å². The molecule has 0 saturated carbocycles. The van der Waals surface area contributed by atoms with Crippen LogP contribution in [0.5, 0.6) is 5.75 Å². The van der Waals surface area contributed by atoms with E-state index >= 15 is 0 Å². The van der Waals surface area contributed by atoms with Gasteiger partial charge in [-0.15, -0.1) is 0 Å². The van der Waals surface area contributed by atoms with E-state index in [1.54, 1.807) is 0 Å². The Morgan fingerprint density at radius 3 is 2.68 bits per heavy atom. The van der Waals surface area contributed by atoms with Crippen molar-refractivity contribution in [2.24, 2.45) is 0 Å². The minimum absolute atomic E-state index is 0.00630. The Morgan fingerprint density at radius 1 is 1.53 bits per heavy atom. The molecule has 0 aromatic carbocycles. The van der Waals surface area contributed by atoms with Gasteiger partial charge >= 0.3 is 11.2 Å². The summed E-state index contributed by atoms with van der Waals surface area (Å²) in [4.78, 5) is 23.3. The molecule has 5 N–H and O–H groups in total. The Labute approximate surface area is 107 Å². The highest BCUT2D eigenvalue weighted by atomic mass is 16.6. The van der Waals surface area contributed by atoms with Gasteiger partial charge in [-0.2, -0.15) is 0 Å². The zero-order valence-corrected chi connectivity index (χ0v) is 10.2. The van der Waals surface area contributed by atoms with Crippen molar-refractivity contribution >= 4 is 5.69 Å². The van der Waals surface area contributed by atoms with Crippen LogP contribution in [0.25, 0.3) is 0 Å². The first-order valence-corrected chi connectivity index (χ1v) is 5.47. The van der Waals surface area contributed by atoms with Crippen LogP contribution in [-0.2, 0) is 6.54 Å². The van der Waals surface area contributed by atoms with Crippen molar-refractivity contribution in [1.29, 1.82) is 0 Å². The van der Waals surface area contributed by atoms with Crippen LogP contribution < -0.4 is 10.9 Å². The Kier molecular flexibility index (Phi) is 4.98. The molecular weight excluding hydrogens is 258 g/mol. The number of aromatic nitrogens is 1. The molecule has 19 heavy (non-hydrogen) atoms. The van der Waals surface area contributed by atoms with Crippen LogP contribution in [0, 0.1) is 17.0 Å². The minimum atomic E-state index is -0.973. The maximum Gasteiger partial charge on any atom is 0.375 e. The fourth-order valence-electron chi connectivity index (χ4n) is 1.55. The summed E-state index contributed by atoms with van der Waals surface area (Å²) >= 11 is 0. The molecular formula is C10H15N3O6. The topological polar surface area (TPSA) is 149 Å². The van der Waals surface area contributed by atoms with Gasteiger partial charge in [0, 0.05) is 24.3 Å². The molecule has 0 bridgehead atoms. The van der Waals surface area contributed by atoms with E-state index in [-0.39, 0.29) is 18.7 Å². The van der Waals surface area contributed by atoms with Crippen molar-refractivity contribution in [2.75, 3.05) is 13.2 Å². The van der Waals surface area contributed by atoms with Crippen molar-refractivity contribution < 1.29 is 20.2 Å². The van der Waals surface area contributed by atoms with Crippen molar-refractivity contribution in [3.05, 3.63) is 31.7 Å². The second-order valence-electron chi connectivity index (χ2n) is 3.98. The monoisotopic (exact) mass is 273 g/mol. The van der Waals surface area contributed by atoms with E-state index in [9.17, 15) is 20.0 Å². The highest BCUT2D eigenvalue weighted by Gasteiger charge is 2.24. The SMILES string of the molecule is Cc1[nH]c(=O)c([N+](=O)[O-])c(O)c1CNCC(O)CO. The van der Waals surface area contributed by atoms with Gasteiger partial charge in [0.1, 0.15) is 0 Å². The van der Waals surface area contributed by atoms with Crippen molar-refractivity contribution in [3.8, 4) is 5.75 Å². The van der Waals surface area contributed by atoms with Gasteiger partial charge in [0.2, 0.25) is 5.75 Å². The molecule has 0 fully saturated rings. The van der Waals surface area contributed by atoms with Gasteiger partial charge < -0.3 is 25.6 Å². The number of hydrogen-bond donors (Lipinski definition) is 5. The predicted molar refractivity (Wildman–Crippen MR) is 64.9 cm³/mol. The molecule has 0 saturated heterocycles. The summed E-state index contributed by atoms with van der Waals surface area (Å²) in [6.07, 6.45) is -0.972. The third-order valence-electron chi connectivity index (χ3n) is 2.55. The second-order valence-corrected chi connectivity index (χ2v) is 3.98. The van der Waals surface area contributed by atoms with Crippen molar-refractivity contribution in [1.82, 2.24) is 10.3 Å². The summed E-state index contributed by atoms with van der Waals surface area (Å²) in [5.74, 6) is -0.697. The van der Waals surface area contributed by atoms with Crippen LogP contribution in [0.3, 0.4) is 0 Å². The first kappa shape index (κ1) is 15.1. The lowest BCUT2D eigenvalue weighted by molar-refractivity contribution is -0.387. The Bertz CT molecular complexity index is 527. The number of aryl methyl sites for hydroxylation is 1. The molecule has 1 heterocycles. The van der Waals surface area contributed by atoms with Crippen LogP contribution in [0.1, 0.15) is 11.3 Å². The lowest BCUT2D eigenvalue weighted by atomic mass is 10.1. The fourth-order valence-corrected chi connectivity index (χ4v) is 1.55. The molecule has 1 aromatic rings. The molecule has 0 aliphatic heterocycles. The highest BCUT2D eigenvalue weighted by Crippen LogP contribution is 2.26. The predicted octanol–water partition coefficient (Wildman–Crippen LogP) is -1.26. The fraction of sp³-hybridized carbons (Fsp3) is 0.500. The third-order valence-corrected chi connectivity index (χ3v) is 2.55. The van der Waals surface area contributed by atoms with Gasteiger partial charge in [-0.3, -0.25) is 14.9 Å². The van der Waals surface area contributed by atoms with Gasteiger partial charge in [0.25, 0.3) is 0 Å². The summed E-state index contributed by atoms with van der Waals surface area (Å²) in [6.45, 7) is 1.11. The average Bonchev–Trinajstić information content (AvgIpc) is 2.31. The molecule has 0 aliphatic carbocycles. The second kappa shape index (κ2) is 6.27. The molecule has 106 valence electrons. The van der Waals surface area contributed by atoms with Crippen LogP contribution in [0.15, 0.2) is 4.79 Å². The van der Waals surface area contributed by atoms with Gasteiger partial charge in [0.15, 0.2) is 0 Å². The lowest BCUT2D eigenvalue weighted by Crippen LogP contribution is -2.29. The van der Waals surface area contributed by atoms with Gasteiger partial charge in [-0.1, -0.05) is 0 Å². The molecule has 9 heteroatoms. The van der Waals surface area contributed by atoms with Gasteiger partial charge in [-0.25, -0.2) is 0 Å². The number of aliphatic hydroxyl groups excluding tert-OH is 2. The number of aromatic hydroxyl groups is 1. The molecule has 1 rings (SSSR count). The summed E-state index contributed by atoms with van der Waals surface area (Å²) in [7, 11) is 0. The molecule has 1 aromatic heterocycles. The molecule has 1 atom stereocenters. The van der Waals surface area contributed by atoms with E-state index in [0.717, 1.165) is 0 Å². The molecule has 1 unspecified atom stereocenters. The van der Waals surface area contributed by atoms with E-state index in [1.165, 1.54) is 6.92 Å². The Hall–Kier alpha value is -1.97. The maximum atomic E-state index is 11.3. The number of nitrogens with zero attached hydrogens (tertiary/aromatic N) is 1. The summed E-state index contributed by atoms with van der Waals surface area (Å²) in [5.41, 5.74) is -1.43. The lowest BCUT2D eigenvalue weighted by Gasteiger charge is -2.11. The Balaban J connectivity index is 2.98. The number of nitrogens with one attached hydrogen (secondary N) is 2. The van der Waals surface area contributed by atoms with E-state index in [4.69, 9.17) is 10.2 Å². The van der Waals surface area contributed by atoms with E-state index in [1.807, 2.05) is 0 Å². The van der Waals surface area contributed by atoms with Crippen LogP contribution in [0.2, 0.25) is 0 Å². The number of pyridine rings is 1. The van der Waals surface area contributed by atoms with Crippen molar-refractivity contribution in [3.63, 3.8) is 0 Å². The first-order valence-electron chi connectivity index (χ1n) is 5.47. The van der Waals surface area contributed by atoms with Crippen molar-refractivity contribution in [2.45, 2.75) is 19.6 Å². The molecule has 9 nitrogen and oxygen atoms in total. The van der Waals surface area contributed by atoms with Crippen LogP contribution >= 0.6 is 0 Å². The first-order chi connectivity index (χ1) is 8.88. The number of nitro groups is 1. The standard InChI is InChI=1S/C10H15N3O6/c1-5-7(3-11-2-6(15)4-14)9(16)8(13(18)19)10(17)12-5/h6,11,14-15H,2-4H2,1H3,(H2,12,16,17). The highest BCUT2D eigenvalue weighted by molar-refractivity contribution is 5.50. The number of rotatable bonds is 6. The molecule has 0 radical (unpaired) electrons. The summed E-state index contributed by atoms with van der Waals surface area (Å²) < 4.78 is 0. The minimum Gasteiger partial charge on any atom is -0.502 e. The largest absolute Gasteiger partial charge is 0.502 e. The quantitative estimate of drug-likeness (QED) is 0.321. The average molecular weight is 273 g/mol. The molecule has 0 spiro atoms. The summed E-state index contributed by atoms with van der Waals surface area (Å²) in [5, 5.41) is 40.8. The smallest absolute Gasteiger partial charge is 0.375 e. The normalized spacial score (nSPS) is 12.4. The van der Waals surface area contributed by atoms with Crippen LogP contribution in [-0.4, -0.2) is 44.5 Å². The van der Waals surface area contributed by atoms with E-state index in [2.05, 4.69) is 10.3 Å². The number of H-pyrrole nitrogens is 1. The van der Waals surface area contributed by atoms with Gasteiger partial charge in [0.05, 0.1) is 17.6 Å². The molecule has 0 aliphatic rings. The number of aromatic amines is 1. The van der Waals surface area contributed by atoms with Crippen LogP contribution in [0.4, 0.5) is 5.69 Å². The third kappa shape index (κ3) is 3.50. The van der Waals surface area contributed by atoms with Gasteiger partial charge in [-0.05, 0) is 6.92 Å². The molecule has 0 amide bonds. The number of hydrogen-bond acceptors (Lipinski definition) is 7. The zero-order chi connectivity index (χ0) is 14.6. The Morgan fingerprint density at radius 2 is 2.16 bits per heavy atom. The summed E-state index contributed by atoms with van der Waals surface area (Å²) in [6, 6.07) is 0.